The van der Waals surface area contributed by atoms with Gasteiger partial charge in [0.05, 0.1) is 5.56 Å². The number of hydrogen-bond donors (Lipinski definition) is 2. The van der Waals surface area contributed by atoms with E-state index in [2.05, 4.69) is 15.5 Å². The number of hydrogen-bond acceptors (Lipinski definition) is 3. The molecule has 2 aliphatic carbocycles. The third-order valence-electron chi connectivity index (χ3n) is 5.59. The number of rotatable bonds is 5. The van der Waals surface area contributed by atoms with Crippen LogP contribution in [0.2, 0.25) is 0 Å². The summed E-state index contributed by atoms with van der Waals surface area (Å²) >= 11 is 0. The standard InChI is InChI=1S/C20H27N3O2/c24-19(14-5-4-6-14)22-16-9-10-18(23-11-2-1-3-12-23)17(13-16)20(25)21-15-7-8-15/h9-10,13-15H,1-8,11-12H2,(H,21,25)(H,22,24). The van der Waals surface area contributed by atoms with Crippen molar-refractivity contribution in [1.29, 1.82) is 0 Å². The van der Waals surface area contributed by atoms with E-state index in [4.69, 9.17) is 0 Å². The van der Waals surface area contributed by atoms with Crippen LogP contribution in [0.1, 0.15) is 61.7 Å². The monoisotopic (exact) mass is 341 g/mol. The first-order valence-corrected chi connectivity index (χ1v) is 9.71. The molecule has 0 atom stereocenters. The summed E-state index contributed by atoms with van der Waals surface area (Å²) in [5.41, 5.74) is 2.43. The first-order chi connectivity index (χ1) is 12.2. The Morgan fingerprint density at radius 2 is 1.72 bits per heavy atom. The molecule has 0 unspecified atom stereocenters. The lowest BCUT2D eigenvalue weighted by atomic mass is 9.85. The van der Waals surface area contributed by atoms with Gasteiger partial charge in [-0.25, -0.2) is 0 Å². The van der Waals surface area contributed by atoms with Gasteiger partial charge in [0.15, 0.2) is 0 Å². The summed E-state index contributed by atoms with van der Waals surface area (Å²) in [6.07, 6.45) is 8.84. The molecule has 0 spiro atoms. The lowest BCUT2D eigenvalue weighted by molar-refractivity contribution is -0.122. The van der Waals surface area contributed by atoms with E-state index >= 15 is 0 Å². The van der Waals surface area contributed by atoms with Crippen LogP contribution in [0.4, 0.5) is 11.4 Å². The van der Waals surface area contributed by atoms with Crippen LogP contribution >= 0.6 is 0 Å². The molecule has 3 fully saturated rings. The van der Waals surface area contributed by atoms with Gasteiger partial charge in [-0.2, -0.15) is 0 Å². The second kappa shape index (κ2) is 7.06. The Bertz CT molecular complexity index is 659. The van der Waals surface area contributed by atoms with Gasteiger partial charge >= 0.3 is 0 Å². The quantitative estimate of drug-likeness (QED) is 0.864. The van der Waals surface area contributed by atoms with E-state index in [1.807, 2.05) is 18.2 Å². The highest BCUT2D eigenvalue weighted by Gasteiger charge is 2.28. The number of nitrogens with one attached hydrogen (secondary N) is 2. The smallest absolute Gasteiger partial charge is 0.253 e. The normalized spacial score (nSPS) is 20.7. The third kappa shape index (κ3) is 3.80. The van der Waals surface area contributed by atoms with E-state index in [1.54, 1.807) is 0 Å². The topological polar surface area (TPSA) is 61.4 Å². The van der Waals surface area contributed by atoms with Crippen molar-refractivity contribution in [1.82, 2.24) is 5.32 Å². The molecular formula is C20H27N3O2. The molecule has 2 amide bonds. The molecule has 0 radical (unpaired) electrons. The fraction of sp³-hybridized carbons (Fsp3) is 0.600. The highest BCUT2D eigenvalue weighted by molar-refractivity contribution is 6.02. The van der Waals surface area contributed by atoms with Gasteiger partial charge in [-0.1, -0.05) is 6.42 Å². The Hall–Kier alpha value is -2.04. The number of piperidine rings is 1. The summed E-state index contributed by atoms with van der Waals surface area (Å²) in [4.78, 5) is 27.3. The average Bonchev–Trinajstić information content (AvgIpc) is 3.38. The van der Waals surface area contributed by atoms with Gasteiger partial charge in [0.1, 0.15) is 0 Å². The van der Waals surface area contributed by atoms with Crippen molar-refractivity contribution in [2.24, 2.45) is 5.92 Å². The van der Waals surface area contributed by atoms with E-state index in [9.17, 15) is 9.59 Å². The van der Waals surface area contributed by atoms with Gasteiger partial charge in [0.2, 0.25) is 5.91 Å². The molecule has 1 aromatic carbocycles. The number of carbonyl (C=O) groups is 2. The predicted octanol–water partition coefficient (Wildman–Crippen LogP) is 3.31. The Balaban J connectivity index is 1.56. The van der Waals surface area contributed by atoms with Crippen LogP contribution in [0, 0.1) is 5.92 Å². The number of amides is 2. The SMILES string of the molecule is O=C(NC1CC1)c1cc(NC(=O)C2CCC2)ccc1N1CCCCC1. The zero-order valence-corrected chi connectivity index (χ0v) is 14.7. The van der Waals surface area contributed by atoms with E-state index in [0.717, 1.165) is 56.6 Å². The summed E-state index contributed by atoms with van der Waals surface area (Å²) in [5.74, 6) is 0.221. The summed E-state index contributed by atoms with van der Waals surface area (Å²) in [5, 5.41) is 6.10. The molecule has 4 rings (SSSR count). The van der Waals surface area contributed by atoms with Crippen molar-refractivity contribution in [2.75, 3.05) is 23.3 Å². The molecule has 2 N–H and O–H groups in total. The summed E-state index contributed by atoms with van der Waals surface area (Å²) in [6, 6.07) is 6.13. The van der Waals surface area contributed by atoms with Gasteiger partial charge in [-0.3, -0.25) is 9.59 Å². The van der Waals surface area contributed by atoms with Crippen LogP contribution in [0.25, 0.3) is 0 Å². The first-order valence-electron chi connectivity index (χ1n) is 9.71. The summed E-state index contributed by atoms with van der Waals surface area (Å²) in [7, 11) is 0. The van der Waals surface area contributed by atoms with Gasteiger partial charge in [0, 0.05) is 36.4 Å². The second-order valence-electron chi connectivity index (χ2n) is 7.64. The summed E-state index contributed by atoms with van der Waals surface area (Å²) in [6.45, 7) is 2.00. The van der Waals surface area contributed by atoms with Gasteiger partial charge in [0.25, 0.3) is 5.91 Å². The van der Waals surface area contributed by atoms with E-state index in [1.165, 1.54) is 19.3 Å². The maximum Gasteiger partial charge on any atom is 0.253 e. The first kappa shape index (κ1) is 16.4. The van der Waals surface area contributed by atoms with Crippen molar-refractivity contribution < 1.29 is 9.59 Å². The van der Waals surface area contributed by atoms with Crippen LogP contribution in [0.15, 0.2) is 18.2 Å². The van der Waals surface area contributed by atoms with Gasteiger partial charge in [-0.15, -0.1) is 0 Å². The molecule has 0 aromatic heterocycles. The maximum absolute atomic E-state index is 12.7. The van der Waals surface area contributed by atoms with Crippen LogP contribution < -0.4 is 15.5 Å². The largest absolute Gasteiger partial charge is 0.371 e. The van der Waals surface area contributed by atoms with Crippen LogP contribution in [-0.4, -0.2) is 30.9 Å². The summed E-state index contributed by atoms with van der Waals surface area (Å²) < 4.78 is 0. The lowest BCUT2D eigenvalue weighted by Gasteiger charge is -2.31. The zero-order valence-electron chi connectivity index (χ0n) is 14.7. The Kier molecular flexibility index (Phi) is 4.64. The number of benzene rings is 1. The van der Waals surface area contributed by atoms with E-state index < -0.39 is 0 Å². The fourth-order valence-corrected chi connectivity index (χ4v) is 3.61. The molecule has 0 bridgehead atoms. The highest BCUT2D eigenvalue weighted by atomic mass is 16.2. The van der Waals surface area contributed by atoms with Crippen molar-refractivity contribution >= 4 is 23.2 Å². The molecule has 1 heterocycles. The molecule has 1 saturated heterocycles. The van der Waals surface area contributed by atoms with Crippen molar-refractivity contribution in [3.8, 4) is 0 Å². The molecule has 3 aliphatic rings. The van der Waals surface area contributed by atoms with Crippen LogP contribution in [0.3, 0.4) is 0 Å². The predicted molar refractivity (Wildman–Crippen MR) is 99.0 cm³/mol. The highest BCUT2D eigenvalue weighted by Crippen LogP contribution is 2.31. The Labute approximate surface area is 149 Å². The molecule has 25 heavy (non-hydrogen) atoms. The number of carbonyl (C=O) groups excluding carboxylic acids is 2. The number of anilines is 2. The molecule has 5 nitrogen and oxygen atoms in total. The Morgan fingerprint density at radius 1 is 0.960 bits per heavy atom. The van der Waals surface area contributed by atoms with Crippen molar-refractivity contribution in [3.63, 3.8) is 0 Å². The average molecular weight is 341 g/mol. The van der Waals surface area contributed by atoms with E-state index in [-0.39, 0.29) is 17.7 Å². The lowest BCUT2D eigenvalue weighted by Crippen LogP contribution is -2.33. The molecule has 1 aliphatic heterocycles. The zero-order chi connectivity index (χ0) is 17.2. The van der Waals surface area contributed by atoms with E-state index in [0.29, 0.717) is 11.6 Å². The maximum atomic E-state index is 12.7. The van der Waals surface area contributed by atoms with Gasteiger partial charge in [-0.05, 0) is 63.1 Å². The van der Waals surface area contributed by atoms with Crippen LogP contribution in [-0.2, 0) is 4.79 Å². The fourth-order valence-electron chi connectivity index (χ4n) is 3.61. The third-order valence-corrected chi connectivity index (χ3v) is 5.59. The van der Waals surface area contributed by atoms with Gasteiger partial charge < -0.3 is 15.5 Å². The molecule has 5 heteroatoms. The minimum atomic E-state index is -0.0113. The second-order valence-corrected chi connectivity index (χ2v) is 7.64. The van der Waals surface area contributed by atoms with Crippen LogP contribution in [0.5, 0.6) is 0 Å². The molecular weight excluding hydrogens is 314 g/mol. The molecule has 2 saturated carbocycles. The van der Waals surface area contributed by atoms with Crippen molar-refractivity contribution in [2.45, 2.75) is 57.4 Å². The molecule has 134 valence electrons. The van der Waals surface area contributed by atoms with Crippen molar-refractivity contribution in [3.05, 3.63) is 23.8 Å². The Morgan fingerprint density at radius 3 is 2.36 bits per heavy atom. The molecule has 1 aromatic rings. The number of nitrogens with zero attached hydrogens (tertiary/aromatic N) is 1. The minimum absolute atomic E-state index is 0.0113. The minimum Gasteiger partial charge on any atom is -0.371 e.